The van der Waals surface area contributed by atoms with E-state index in [1.54, 1.807) is 7.05 Å². The molecular weight excluding hydrogens is 296 g/mol. The molecule has 2 heterocycles. The molecule has 0 unspecified atom stereocenters. The smallest absolute Gasteiger partial charge is 0.271 e. The fraction of sp³-hybridized carbons (Fsp3) is 0.385. The SMILES string of the molecule is CCc1nn(C)c(C(=O)NCCc2ccc(Cl)s2)c1N. The molecule has 5 nitrogen and oxygen atoms in total. The largest absolute Gasteiger partial charge is 0.395 e. The van der Waals surface area contributed by atoms with Crippen LogP contribution in [-0.2, 0) is 19.9 Å². The van der Waals surface area contributed by atoms with Crippen molar-refractivity contribution in [3.05, 3.63) is 32.7 Å². The number of rotatable bonds is 5. The maximum absolute atomic E-state index is 12.1. The third kappa shape index (κ3) is 3.13. The van der Waals surface area contributed by atoms with Gasteiger partial charge >= 0.3 is 0 Å². The predicted octanol–water partition coefficient (Wildman–Crippen LogP) is 2.25. The zero-order valence-corrected chi connectivity index (χ0v) is 13.0. The molecule has 0 bridgehead atoms. The minimum absolute atomic E-state index is 0.195. The number of anilines is 1. The summed E-state index contributed by atoms with van der Waals surface area (Å²) < 4.78 is 2.29. The van der Waals surface area contributed by atoms with Gasteiger partial charge in [0.25, 0.3) is 5.91 Å². The average molecular weight is 313 g/mol. The van der Waals surface area contributed by atoms with Crippen molar-refractivity contribution in [2.45, 2.75) is 19.8 Å². The molecule has 0 saturated heterocycles. The number of nitrogens with two attached hydrogens (primary N) is 1. The zero-order chi connectivity index (χ0) is 14.7. The highest BCUT2D eigenvalue weighted by molar-refractivity contribution is 7.16. The number of thiophene rings is 1. The van der Waals surface area contributed by atoms with Gasteiger partial charge in [-0.05, 0) is 25.0 Å². The Morgan fingerprint density at radius 1 is 1.55 bits per heavy atom. The van der Waals surface area contributed by atoms with Gasteiger partial charge < -0.3 is 11.1 Å². The molecule has 0 aliphatic heterocycles. The lowest BCUT2D eigenvalue weighted by Crippen LogP contribution is -2.28. The molecule has 0 aliphatic carbocycles. The number of amides is 1. The number of hydrogen-bond donors (Lipinski definition) is 2. The second kappa shape index (κ2) is 6.28. The minimum atomic E-state index is -0.195. The third-order valence-electron chi connectivity index (χ3n) is 3.00. The lowest BCUT2D eigenvalue weighted by molar-refractivity contribution is 0.0946. The van der Waals surface area contributed by atoms with E-state index in [1.165, 1.54) is 16.0 Å². The highest BCUT2D eigenvalue weighted by Gasteiger charge is 2.18. The number of hydrogen-bond acceptors (Lipinski definition) is 4. The Kier molecular flexibility index (Phi) is 4.67. The van der Waals surface area contributed by atoms with Gasteiger partial charge in [-0.2, -0.15) is 5.10 Å². The molecule has 20 heavy (non-hydrogen) atoms. The fourth-order valence-corrected chi connectivity index (χ4v) is 3.08. The summed E-state index contributed by atoms with van der Waals surface area (Å²) in [5, 5.41) is 7.09. The quantitative estimate of drug-likeness (QED) is 0.889. The van der Waals surface area contributed by atoms with Crippen LogP contribution in [-0.4, -0.2) is 22.2 Å². The van der Waals surface area contributed by atoms with Crippen LogP contribution in [0.25, 0.3) is 0 Å². The van der Waals surface area contributed by atoms with Crippen molar-refractivity contribution < 1.29 is 4.79 Å². The number of nitrogens with zero attached hydrogens (tertiary/aromatic N) is 2. The van der Waals surface area contributed by atoms with E-state index in [0.29, 0.717) is 24.3 Å². The summed E-state index contributed by atoms with van der Waals surface area (Å²) in [4.78, 5) is 13.3. The van der Waals surface area contributed by atoms with Gasteiger partial charge in [-0.15, -0.1) is 11.3 Å². The number of aryl methyl sites for hydroxylation is 2. The van der Waals surface area contributed by atoms with Crippen LogP contribution in [0.4, 0.5) is 5.69 Å². The average Bonchev–Trinajstić information content (AvgIpc) is 2.93. The monoisotopic (exact) mass is 312 g/mol. The van der Waals surface area contributed by atoms with Crippen molar-refractivity contribution in [2.75, 3.05) is 12.3 Å². The van der Waals surface area contributed by atoms with Crippen LogP contribution in [0.5, 0.6) is 0 Å². The molecule has 2 rings (SSSR count). The summed E-state index contributed by atoms with van der Waals surface area (Å²) in [5.74, 6) is -0.195. The van der Waals surface area contributed by atoms with Gasteiger partial charge in [0.15, 0.2) is 0 Å². The zero-order valence-electron chi connectivity index (χ0n) is 11.4. The summed E-state index contributed by atoms with van der Waals surface area (Å²) in [5.41, 5.74) is 7.58. The molecule has 0 radical (unpaired) electrons. The highest BCUT2D eigenvalue weighted by atomic mass is 35.5. The van der Waals surface area contributed by atoms with Crippen molar-refractivity contribution in [3.63, 3.8) is 0 Å². The number of halogens is 1. The Labute approximate surface area is 126 Å². The molecule has 108 valence electrons. The molecule has 0 atom stereocenters. The van der Waals surface area contributed by atoms with E-state index in [4.69, 9.17) is 17.3 Å². The van der Waals surface area contributed by atoms with Gasteiger partial charge in [0, 0.05) is 18.5 Å². The van der Waals surface area contributed by atoms with Gasteiger partial charge in [-0.1, -0.05) is 18.5 Å². The molecule has 3 N–H and O–H groups in total. The molecule has 0 spiro atoms. The maximum Gasteiger partial charge on any atom is 0.271 e. The van der Waals surface area contributed by atoms with Crippen LogP contribution in [0.1, 0.15) is 28.0 Å². The molecule has 2 aromatic rings. The van der Waals surface area contributed by atoms with Crippen LogP contribution in [0, 0.1) is 0 Å². The Hall–Kier alpha value is -1.53. The molecule has 0 saturated carbocycles. The maximum atomic E-state index is 12.1. The molecule has 1 amide bonds. The number of nitrogen functional groups attached to an aromatic ring is 1. The Balaban J connectivity index is 1.97. The van der Waals surface area contributed by atoms with E-state index in [0.717, 1.165) is 21.3 Å². The van der Waals surface area contributed by atoms with Crippen molar-refractivity contribution in [1.82, 2.24) is 15.1 Å². The van der Waals surface area contributed by atoms with Crippen LogP contribution in [0.15, 0.2) is 12.1 Å². The Bertz CT molecular complexity index is 620. The number of carbonyl (C=O) groups is 1. The first-order valence-electron chi connectivity index (χ1n) is 6.36. The van der Waals surface area contributed by atoms with E-state index in [1.807, 2.05) is 19.1 Å². The van der Waals surface area contributed by atoms with E-state index < -0.39 is 0 Å². The van der Waals surface area contributed by atoms with Crippen molar-refractivity contribution in [1.29, 1.82) is 0 Å². The highest BCUT2D eigenvalue weighted by Crippen LogP contribution is 2.21. The fourth-order valence-electron chi connectivity index (χ4n) is 2.00. The lowest BCUT2D eigenvalue weighted by Gasteiger charge is -2.05. The standard InChI is InChI=1S/C13H17ClN4OS/c1-3-9-11(15)12(18(2)17-9)13(19)16-7-6-8-4-5-10(14)20-8/h4-5H,3,6-7,15H2,1-2H3,(H,16,19). The lowest BCUT2D eigenvalue weighted by atomic mass is 10.2. The molecular formula is C13H17ClN4OS. The first-order chi connectivity index (χ1) is 9.52. The number of aromatic nitrogens is 2. The van der Waals surface area contributed by atoms with E-state index in [-0.39, 0.29) is 5.91 Å². The molecule has 0 aromatic carbocycles. The molecule has 2 aromatic heterocycles. The first kappa shape index (κ1) is 14.9. The Morgan fingerprint density at radius 2 is 2.30 bits per heavy atom. The first-order valence-corrected chi connectivity index (χ1v) is 7.56. The van der Waals surface area contributed by atoms with Crippen LogP contribution >= 0.6 is 22.9 Å². The molecule has 7 heteroatoms. The van der Waals surface area contributed by atoms with Crippen molar-refractivity contribution >= 4 is 34.5 Å². The Morgan fingerprint density at radius 3 is 2.85 bits per heavy atom. The van der Waals surface area contributed by atoms with Gasteiger partial charge in [0.05, 0.1) is 15.7 Å². The van der Waals surface area contributed by atoms with Crippen LogP contribution in [0.3, 0.4) is 0 Å². The van der Waals surface area contributed by atoms with Gasteiger partial charge in [0.2, 0.25) is 0 Å². The van der Waals surface area contributed by atoms with E-state index in [9.17, 15) is 4.79 Å². The van der Waals surface area contributed by atoms with Gasteiger partial charge in [-0.3, -0.25) is 9.48 Å². The summed E-state index contributed by atoms with van der Waals surface area (Å²) in [6.07, 6.45) is 1.46. The predicted molar refractivity (Wildman–Crippen MR) is 82.4 cm³/mol. The summed E-state index contributed by atoms with van der Waals surface area (Å²) in [6.45, 7) is 2.50. The second-order valence-electron chi connectivity index (χ2n) is 4.40. The minimum Gasteiger partial charge on any atom is -0.395 e. The van der Waals surface area contributed by atoms with Gasteiger partial charge in [0.1, 0.15) is 5.69 Å². The van der Waals surface area contributed by atoms with Crippen LogP contribution in [0.2, 0.25) is 4.34 Å². The summed E-state index contributed by atoms with van der Waals surface area (Å²) in [6, 6.07) is 3.82. The van der Waals surface area contributed by atoms with E-state index >= 15 is 0 Å². The number of nitrogens with one attached hydrogen (secondary N) is 1. The summed E-state index contributed by atoms with van der Waals surface area (Å²) in [7, 11) is 1.73. The van der Waals surface area contributed by atoms with Gasteiger partial charge in [-0.25, -0.2) is 0 Å². The van der Waals surface area contributed by atoms with E-state index in [2.05, 4.69) is 10.4 Å². The normalized spacial score (nSPS) is 10.8. The topological polar surface area (TPSA) is 72.9 Å². The van der Waals surface area contributed by atoms with Crippen LogP contribution < -0.4 is 11.1 Å². The molecule has 0 fully saturated rings. The second-order valence-corrected chi connectivity index (χ2v) is 6.20. The van der Waals surface area contributed by atoms with Crippen molar-refractivity contribution in [2.24, 2.45) is 7.05 Å². The summed E-state index contributed by atoms with van der Waals surface area (Å²) >= 11 is 7.38. The number of carbonyl (C=O) groups excluding carboxylic acids is 1. The van der Waals surface area contributed by atoms with Crippen molar-refractivity contribution in [3.8, 4) is 0 Å². The molecule has 0 aliphatic rings. The third-order valence-corrected chi connectivity index (χ3v) is 4.29.